The summed E-state index contributed by atoms with van der Waals surface area (Å²) in [4.78, 5) is 9.04. The Hall–Kier alpha value is -11.5. The fourth-order valence-electron chi connectivity index (χ4n) is 12.1. The number of hydrogen-bond donors (Lipinski definition) is 0. The Morgan fingerprint density at radius 3 is 0.344 bits per heavy atom. The molecule has 0 unspecified atom stereocenters. The van der Waals surface area contributed by atoms with Crippen LogP contribution < -0.4 is 78.2 Å². The lowest BCUT2D eigenvalue weighted by atomic mass is 10.2. The largest absolute Gasteiger partial charge is 0.497 e. The number of ether oxygens (including phenoxy) is 8. The Morgan fingerprint density at radius 2 is 0.247 bits per heavy atom. The number of anilines is 12. The van der Waals surface area contributed by atoms with E-state index in [0.717, 1.165) is 135 Å². The molecule has 0 spiro atoms. The first-order chi connectivity index (χ1) is 45.7. The average molecular weight is 1250 g/mol. The smallest absolute Gasteiger partial charge is 0.179 e. The average Bonchev–Trinajstić information content (AvgIpc) is 0.751. The highest BCUT2D eigenvalue weighted by molar-refractivity contribution is 7.20. The lowest BCUT2D eigenvalue weighted by Crippen LogP contribution is -2.74. The van der Waals surface area contributed by atoms with Gasteiger partial charge in [-0.2, -0.15) is 0 Å². The van der Waals surface area contributed by atoms with Gasteiger partial charge in [-0.15, -0.1) is 0 Å². The van der Waals surface area contributed by atoms with Crippen LogP contribution in [0, 0.1) is 0 Å². The van der Waals surface area contributed by atoms with Crippen molar-refractivity contribution in [3.05, 3.63) is 291 Å². The van der Waals surface area contributed by atoms with Gasteiger partial charge in [-0.3, -0.25) is 0 Å². The van der Waals surface area contributed by atoms with E-state index in [1.807, 2.05) is 97.1 Å². The molecule has 0 aliphatic heterocycles. The molecule has 0 amide bonds. The molecule has 12 nitrogen and oxygen atoms in total. The monoisotopic (exact) mass is 1240 g/mol. The summed E-state index contributed by atoms with van der Waals surface area (Å²) in [5, 5.41) is 4.65. The third kappa shape index (κ3) is 12.8. The Balaban J connectivity index is 1.10. The van der Waals surface area contributed by atoms with Crippen LogP contribution >= 0.6 is 0 Å². The molecule has 93 heavy (non-hydrogen) atoms. The van der Waals surface area contributed by atoms with Gasteiger partial charge in [0.25, 0.3) is 0 Å². The first kappa shape index (κ1) is 61.7. The lowest BCUT2D eigenvalue weighted by molar-refractivity contribution is 0.414. The summed E-state index contributed by atoms with van der Waals surface area (Å²) >= 11 is 0. The third-order valence-electron chi connectivity index (χ3n) is 16.9. The van der Waals surface area contributed by atoms with Crippen LogP contribution in [0.25, 0.3) is 0 Å². The first-order valence-corrected chi connectivity index (χ1v) is 32.4. The standard InChI is InChI=1S/C80H72N4O8Si/c1-85-69-33-9-57(10-34-69)81(58-11-35-70(86-2)36-12-58)65-25-49-77(50-26-65)93(78-51-27-66(28-52-78)82(59-13-37-71(87-3)38-14-59)60-15-39-72(88-4)40-16-60,79-53-29-67(30-54-79)83(61-17-41-73(89-5)42-18-61)62-19-43-74(90-6)44-20-62)80-55-31-68(32-56-80)84(63-21-45-75(91-7)46-22-63)64-23-47-76(92-8)48-24-64/h9-56H,1-8H3. The van der Waals surface area contributed by atoms with E-state index < -0.39 is 8.07 Å². The number of hydrogen-bond acceptors (Lipinski definition) is 12. The zero-order valence-corrected chi connectivity index (χ0v) is 54.3. The third-order valence-corrected chi connectivity index (χ3v) is 21.7. The summed E-state index contributed by atoms with van der Waals surface area (Å²) in [6.45, 7) is 0. The van der Waals surface area contributed by atoms with Gasteiger partial charge in [0, 0.05) is 68.2 Å². The maximum Gasteiger partial charge on any atom is 0.179 e. The molecule has 0 fully saturated rings. The van der Waals surface area contributed by atoms with Gasteiger partial charge in [0.15, 0.2) is 8.07 Å². The van der Waals surface area contributed by atoms with Crippen LogP contribution in [0.15, 0.2) is 291 Å². The van der Waals surface area contributed by atoms with Crippen molar-refractivity contribution in [3.63, 3.8) is 0 Å². The zero-order chi connectivity index (χ0) is 64.3. The van der Waals surface area contributed by atoms with Gasteiger partial charge in [0.1, 0.15) is 46.0 Å². The van der Waals surface area contributed by atoms with E-state index in [1.54, 1.807) is 56.9 Å². The van der Waals surface area contributed by atoms with Crippen LogP contribution in [0.1, 0.15) is 0 Å². The van der Waals surface area contributed by atoms with Crippen LogP contribution in [-0.4, -0.2) is 65.0 Å². The predicted molar refractivity (Wildman–Crippen MR) is 381 cm³/mol. The molecule has 0 aliphatic carbocycles. The summed E-state index contributed by atoms with van der Waals surface area (Å²) in [5.41, 5.74) is 11.6. The highest BCUT2D eigenvalue weighted by Crippen LogP contribution is 2.41. The molecule has 13 heteroatoms. The van der Waals surface area contributed by atoms with Crippen molar-refractivity contribution in [3.8, 4) is 46.0 Å². The molecule has 0 heterocycles. The van der Waals surface area contributed by atoms with Gasteiger partial charge in [0.05, 0.1) is 56.9 Å². The molecule has 0 radical (unpaired) electrons. The minimum Gasteiger partial charge on any atom is -0.497 e. The number of methoxy groups -OCH3 is 8. The van der Waals surface area contributed by atoms with Crippen LogP contribution in [0.4, 0.5) is 68.2 Å². The fraction of sp³-hybridized carbons (Fsp3) is 0.100. The number of rotatable bonds is 24. The second-order valence-electron chi connectivity index (χ2n) is 21.9. The molecule has 0 saturated carbocycles. The molecule has 0 N–H and O–H groups in total. The molecular formula is C80H72N4O8Si. The minimum absolute atomic E-state index is 0.769. The van der Waals surface area contributed by atoms with Crippen molar-refractivity contribution >= 4 is 97.1 Å². The van der Waals surface area contributed by atoms with Crippen LogP contribution in [0.2, 0.25) is 0 Å². The highest BCUT2D eigenvalue weighted by Gasteiger charge is 2.42. The molecule has 0 saturated heterocycles. The summed E-state index contributed by atoms with van der Waals surface area (Å²) in [5.74, 6) is 6.16. The predicted octanol–water partition coefficient (Wildman–Crippen LogP) is 17.0. The first-order valence-electron chi connectivity index (χ1n) is 30.4. The molecule has 0 bridgehead atoms. The molecular weight excluding hydrogens is 1170 g/mol. The van der Waals surface area contributed by atoms with Gasteiger partial charge in [-0.25, -0.2) is 0 Å². The molecule has 0 aliphatic rings. The molecule has 0 atom stereocenters. The quantitative estimate of drug-likeness (QED) is 0.0426. The summed E-state index contributed by atoms with van der Waals surface area (Å²) in [7, 11) is 10.0. The summed E-state index contributed by atoms with van der Waals surface area (Å²) in [6.07, 6.45) is 0. The van der Waals surface area contributed by atoms with E-state index in [9.17, 15) is 0 Å². The van der Waals surface area contributed by atoms with E-state index in [0.29, 0.717) is 0 Å². The molecule has 12 aromatic carbocycles. The molecule has 464 valence electrons. The minimum atomic E-state index is -3.47. The SMILES string of the molecule is COc1ccc(N(c2ccc(OC)cc2)c2ccc([Si](c3ccc(N(c4ccc(OC)cc4)c4ccc(OC)cc4)cc3)(c3ccc(N(c4ccc(OC)cc4)c4ccc(OC)cc4)cc3)c3ccc(N(c4ccc(OC)cc4)c4ccc(OC)cc4)cc3)cc2)cc1. The van der Waals surface area contributed by atoms with Crippen molar-refractivity contribution in [2.75, 3.05) is 76.5 Å². The Labute approximate surface area is 545 Å². The second-order valence-corrected chi connectivity index (χ2v) is 25.7. The number of benzene rings is 12. The number of nitrogens with zero attached hydrogens (tertiary/aromatic N) is 4. The van der Waals surface area contributed by atoms with E-state index >= 15 is 0 Å². The maximum absolute atomic E-state index is 5.65. The maximum atomic E-state index is 5.65. The van der Waals surface area contributed by atoms with E-state index in [4.69, 9.17) is 37.9 Å². The van der Waals surface area contributed by atoms with E-state index in [2.05, 4.69) is 214 Å². The van der Waals surface area contributed by atoms with Crippen molar-refractivity contribution in [1.29, 1.82) is 0 Å². The van der Waals surface area contributed by atoms with Gasteiger partial charge in [-0.05, 0) is 263 Å². The van der Waals surface area contributed by atoms with Gasteiger partial charge in [-0.1, -0.05) is 48.5 Å². The Morgan fingerprint density at radius 1 is 0.151 bits per heavy atom. The van der Waals surface area contributed by atoms with Gasteiger partial charge in [0.2, 0.25) is 0 Å². The van der Waals surface area contributed by atoms with Crippen molar-refractivity contribution < 1.29 is 37.9 Å². The fourth-order valence-corrected chi connectivity index (χ4v) is 16.7. The Kier molecular flexibility index (Phi) is 18.6. The molecule has 12 aromatic rings. The van der Waals surface area contributed by atoms with Crippen molar-refractivity contribution in [2.45, 2.75) is 0 Å². The van der Waals surface area contributed by atoms with Crippen LogP contribution in [-0.2, 0) is 0 Å². The van der Waals surface area contributed by atoms with Crippen LogP contribution in [0.3, 0.4) is 0 Å². The summed E-state index contributed by atoms with van der Waals surface area (Å²) in [6, 6.07) is 102. The normalized spacial score (nSPS) is 11.0. The lowest BCUT2D eigenvalue weighted by Gasteiger charge is -2.36. The van der Waals surface area contributed by atoms with E-state index in [-0.39, 0.29) is 0 Å². The molecule has 12 rings (SSSR count). The van der Waals surface area contributed by atoms with Crippen LogP contribution in [0.5, 0.6) is 46.0 Å². The highest BCUT2D eigenvalue weighted by atomic mass is 28.3. The van der Waals surface area contributed by atoms with Gasteiger partial charge >= 0.3 is 0 Å². The summed E-state index contributed by atoms with van der Waals surface area (Å²) < 4.78 is 45.2. The Bertz CT molecular complexity index is 3590. The van der Waals surface area contributed by atoms with Crippen molar-refractivity contribution in [2.24, 2.45) is 0 Å². The topological polar surface area (TPSA) is 86.8 Å². The van der Waals surface area contributed by atoms with Crippen molar-refractivity contribution in [1.82, 2.24) is 0 Å². The van der Waals surface area contributed by atoms with E-state index in [1.165, 1.54) is 0 Å². The molecule has 0 aromatic heterocycles. The second kappa shape index (κ2) is 28.1. The van der Waals surface area contributed by atoms with Gasteiger partial charge < -0.3 is 57.5 Å². The zero-order valence-electron chi connectivity index (χ0n) is 53.3.